The number of hydrogen-bond donors (Lipinski definition) is 0. The van der Waals surface area contributed by atoms with Gasteiger partial charge in [0.05, 0.1) is 23.1 Å². The van der Waals surface area contributed by atoms with Crippen LogP contribution in [-0.2, 0) is 14.3 Å². The Balaban J connectivity index is 1.29. The molecule has 2 aromatic rings. The van der Waals surface area contributed by atoms with Crippen LogP contribution < -0.4 is 4.90 Å². The van der Waals surface area contributed by atoms with Crippen LogP contribution in [0, 0.1) is 23.7 Å². The van der Waals surface area contributed by atoms with Gasteiger partial charge in [0.25, 0.3) is 0 Å². The Kier molecular flexibility index (Phi) is 4.89. The van der Waals surface area contributed by atoms with E-state index in [-0.39, 0.29) is 35.0 Å². The smallest absolute Gasteiger partial charge is 0.338 e. The summed E-state index contributed by atoms with van der Waals surface area (Å²) in [5.41, 5.74) is 0.949. The fourth-order valence-electron chi connectivity index (χ4n) is 5.37. The summed E-state index contributed by atoms with van der Waals surface area (Å²) in [7, 11) is 0. The van der Waals surface area contributed by atoms with Crippen LogP contribution in [0.1, 0.15) is 40.0 Å². The lowest BCUT2D eigenvalue weighted by atomic mass is 9.81. The Morgan fingerprint density at radius 3 is 2.23 bits per heavy atom. The lowest BCUT2D eigenvalue weighted by Gasteiger charge is -2.19. The number of esters is 1. The van der Waals surface area contributed by atoms with Gasteiger partial charge in [0.15, 0.2) is 12.4 Å². The second-order valence-corrected chi connectivity index (χ2v) is 8.89. The molecule has 3 fully saturated rings. The number of hydrogen-bond acceptors (Lipinski definition) is 5. The van der Waals surface area contributed by atoms with Crippen molar-refractivity contribution in [2.45, 2.75) is 19.3 Å². The number of amides is 2. The Morgan fingerprint density at radius 2 is 1.58 bits per heavy atom. The Bertz CT molecular complexity index is 1070. The molecule has 4 atom stereocenters. The van der Waals surface area contributed by atoms with E-state index < -0.39 is 12.6 Å². The van der Waals surface area contributed by atoms with E-state index in [4.69, 9.17) is 16.3 Å². The van der Waals surface area contributed by atoms with Crippen molar-refractivity contribution in [2.75, 3.05) is 11.5 Å². The Hall–Kier alpha value is -2.99. The average molecular weight is 438 g/mol. The zero-order valence-electron chi connectivity index (χ0n) is 16.6. The lowest BCUT2D eigenvalue weighted by molar-refractivity contribution is -0.123. The number of anilines is 1. The number of Topliss-reactive ketones (excluding diaryl/α,β-unsaturated/α-hetero) is 1. The number of nitrogens with zero attached hydrogens (tertiary/aromatic N) is 1. The molecule has 5 rings (SSSR count). The molecule has 0 spiro atoms. The molecular weight excluding hydrogens is 418 g/mol. The third-order valence-electron chi connectivity index (χ3n) is 6.77. The monoisotopic (exact) mass is 437 g/mol. The normalized spacial score (nSPS) is 26.3. The zero-order chi connectivity index (χ0) is 21.7. The first-order chi connectivity index (χ1) is 14.9. The molecule has 0 unspecified atom stereocenters. The summed E-state index contributed by atoms with van der Waals surface area (Å²) in [6, 6.07) is 12.6. The van der Waals surface area contributed by atoms with Crippen molar-refractivity contribution in [1.29, 1.82) is 0 Å². The molecule has 2 bridgehead atoms. The number of ketones is 1. The van der Waals surface area contributed by atoms with Gasteiger partial charge in [-0.2, -0.15) is 0 Å². The van der Waals surface area contributed by atoms with E-state index in [0.717, 1.165) is 19.3 Å². The molecule has 31 heavy (non-hydrogen) atoms. The third-order valence-corrected chi connectivity index (χ3v) is 7.02. The van der Waals surface area contributed by atoms with Gasteiger partial charge in [0.1, 0.15) is 0 Å². The maximum atomic E-state index is 13.0. The number of rotatable bonds is 5. The number of ether oxygens (including phenoxy) is 1. The van der Waals surface area contributed by atoms with Crippen LogP contribution in [0.3, 0.4) is 0 Å². The van der Waals surface area contributed by atoms with Gasteiger partial charge in [-0.15, -0.1) is 0 Å². The highest BCUT2D eigenvalue weighted by atomic mass is 35.5. The Labute approximate surface area is 184 Å². The molecule has 1 heterocycles. The highest BCUT2D eigenvalue weighted by molar-refractivity contribution is 6.30. The molecule has 2 aliphatic carbocycles. The van der Waals surface area contributed by atoms with Crippen LogP contribution in [0.4, 0.5) is 5.69 Å². The topological polar surface area (TPSA) is 80.8 Å². The molecule has 2 amide bonds. The van der Waals surface area contributed by atoms with Crippen molar-refractivity contribution >= 4 is 40.9 Å². The summed E-state index contributed by atoms with van der Waals surface area (Å²) in [6.45, 7) is -0.417. The average Bonchev–Trinajstić information content (AvgIpc) is 3.46. The maximum absolute atomic E-state index is 13.0. The third kappa shape index (κ3) is 3.35. The quantitative estimate of drug-likeness (QED) is 0.402. The van der Waals surface area contributed by atoms with E-state index in [0.29, 0.717) is 28.1 Å². The molecule has 6 nitrogen and oxygen atoms in total. The van der Waals surface area contributed by atoms with Gasteiger partial charge in [0, 0.05) is 10.6 Å². The summed E-state index contributed by atoms with van der Waals surface area (Å²) >= 11 is 5.81. The summed E-state index contributed by atoms with van der Waals surface area (Å²) in [5.74, 6) is -1.22. The fourth-order valence-corrected chi connectivity index (χ4v) is 5.49. The minimum absolute atomic E-state index is 0.161. The van der Waals surface area contributed by atoms with Crippen LogP contribution in [0.15, 0.2) is 48.5 Å². The number of imide groups is 1. The predicted octanol–water partition coefficient (Wildman–Crippen LogP) is 3.92. The van der Waals surface area contributed by atoms with Crippen molar-refractivity contribution in [2.24, 2.45) is 23.7 Å². The molecule has 2 saturated carbocycles. The fraction of sp³-hybridized carbons (Fsp3) is 0.333. The summed E-state index contributed by atoms with van der Waals surface area (Å²) in [6.07, 6.45) is 2.98. The highest BCUT2D eigenvalue weighted by Gasteiger charge is 2.61. The second-order valence-electron chi connectivity index (χ2n) is 8.45. The zero-order valence-corrected chi connectivity index (χ0v) is 17.4. The minimum atomic E-state index is -0.691. The molecule has 0 radical (unpaired) electrons. The SMILES string of the molecule is O=C(COC(=O)c1cccc(N2C(=O)[C@@H]3[C@H]4CC[C@@H](C4)[C@@H]3C2=O)c1)c1ccc(Cl)cc1. The lowest BCUT2D eigenvalue weighted by Crippen LogP contribution is -2.32. The molecule has 158 valence electrons. The van der Waals surface area contributed by atoms with Crippen LogP contribution in [0.25, 0.3) is 0 Å². The molecule has 1 aliphatic heterocycles. The van der Waals surface area contributed by atoms with E-state index in [1.165, 1.54) is 17.0 Å². The molecule has 1 saturated heterocycles. The number of carbonyl (C=O) groups is 4. The summed E-state index contributed by atoms with van der Waals surface area (Å²) in [5, 5.41) is 0.508. The van der Waals surface area contributed by atoms with Crippen molar-refractivity contribution in [3.05, 3.63) is 64.7 Å². The number of fused-ring (bicyclic) bond motifs is 5. The molecule has 2 aromatic carbocycles. The second kappa shape index (κ2) is 7.61. The minimum Gasteiger partial charge on any atom is -0.454 e. The largest absolute Gasteiger partial charge is 0.454 e. The number of benzene rings is 2. The molecule has 0 N–H and O–H groups in total. The number of carbonyl (C=O) groups excluding carboxylic acids is 4. The van der Waals surface area contributed by atoms with Crippen LogP contribution >= 0.6 is 11.6 Å². The molecule has 7 heteroatoms. The van der Waals surface area contributed by atoms with Crippen molar-refractivity contribution in [3.63, 3.8) is 0 Å². The van der Waals surface area contributed by atoms with Gasteiger partial charge >= 0.3 is 5.97 Å². The Morgan fingerprint density at radius 1 is 0.935 bits per heavy atom. The van der Waals surface area contributed by atoms with Gasteiger partial charge in [-0.05, 0) is 73.6 Å². The van der Waals surface area contributed by atoms with E-state index in [1.807, 2.05) is 0 Å². The molecule has 0 aromatic heterocycles. The van der Waals surface area contributed by atoms with Crippen LogP contribution in [-0.4, -0.2) is 30.2 Å². The first-order valence-corrected chi connectivity index (χ1v) is 10.8. The van der Waals surface area contributed by atoms with Gasteiger partial charge in [-0.25, -0.2) is 4.79 Å². The van der Waals surface area contributed by atoms with Crippen molar-refractivity contribution in [3.8, 4) is 0 Å². The van der Waals surface area contributed by atoms with Gasteiger partial charge < -0.3 is 4.74 Å². The van der Waals surface area contributed by atoms with Crippen molar-refractivity contribution < 1.29 is 23.9 Å². The summed E-state index contributed by atoms with van der Waals surface area (Å²) < 4.78 is 5.15. The molecule has 3 aliphatic rings. The standard InChI is InChI=1S/C24H20ClNO5/c25-17-8-6-13(7-9-17)19(27)12-31-24(30)16-2-1-3-18(11-16)26-22(28)20-14-4-5-15(10-14)21(20)23(26)29/h1-3,6-9,11,14-15,20-21H,4-5,10,12H2/t14-,15-,20-,21+/m0/s1. The van der Waals surface area contributed by atoms with E-state index in [2.05, 4.69) is 0 Å². The van der Waals surface area contributed by atoms with Crippen LogP contribution in [0.5, 0.6) is 0 Å². The molecular formula is C24H20ClNO5. The summed E-state index contributed by atoms with van der Waals surface area (Å²) in [4.78, 5) is 51.9. The van der Waals surface area contributed by atoms with Crippen LogP contribution in [0.2, 0.25) is 5.02 Å². The first-order valence-electron chi connectivity index (χ1n) is 10.4. The maximum Gasteiger partial charge on any atom is 0.338 e. The first kappa shape index (κ1) is 19.9. The predicted molar refractivity (Wildman–Crippen MR) is 113 cm³/mol. The van der Waals surface area contributed by atoms with E-state index >= 15 is 0 Å². The highest BCUT2D eigenvalue weighted by Crippen LogP contribution is 2.56. The van der Waals surface area contributed by atoms with E-state index in [1.54, 1.807) is 36.4 Å². The van der Waals surface area contributed by atoms with E-state index in [9.17, 15) is 19.2 Å². The number of halogens is 1. The van der Waals surface area contributed by atoms with Crippen molar-refractivity contribution in [1.82, 2.24) is 0 Å². The van der Waals surface area contributed by atoms with Gasteiger partial charge in [0.2, 0.25) is 11.8 Å². The van der Waals surface area contributed by atoms with Gasteiger partial charge in [-0.1, -0.05) is 17.7 Å². The van der Waals surface area contributed by atoms with Gasteiger partial charge in [-0.3, -0.25) is 19.3 Å².